The summed E-state index contributed by atoms with van der Waals surface area (Å²) in [6.45, 7) is 3.94. The number of aryl methyl sites for hydroxylation is 1. The van der Waals surface area contributed by atoms with Crippen molar-refractivity contribution in [2.24, 2.45) is 0 Å². The van der Waals surface area contributed by atoms with Crippen molar-refractivity contribution in [3.05, 3.63) is 65.7 Å². The molecule has 0 saturated heterocycles. The first-order chi connectivity index (χ1) is 9.66. The van der Waals surface area contributed by atoms with E-state index in [4.69, 9.17) is 0 Å². The number of thioether (sulfide) groups is 1. The maximum atomic E-state index is 12.2. The van der Waals surface area contributed by atoms with Crippen molar-refractivity contribution in [3.8, 4) is 0 Å². The molecule has 2 aromatic carbocycles. The summed E-state index contributed by atoms with van der Waals surface area (Å²) in [6.07, 6.45) is 0. The number of amides is 1. The van der Waals surface area contributed by atoms with Gasteiger partial charge in [0.1, 0.15) is 0 Å². The molecule has 0 spiro atoms. The Morgan fingerprint density at radius 1 is 1.10 bits per heavy atom. The van der Waals surface area contributed by atoms with Crippen molar-refractivity contribution in [2.45, 2.75) is 24.9 Å². The molecule has 1 amide bonds. The standard InChI is InChI=1S/C17H19NOS/c1-13-8-6-7-11-16(13)18-17(19)14(2)20-12-15-9-4-3-5-10-15/h3-11,14H,12H2,1-2H3,(H,18,19)/t14-/m1/s1. The molecule has 2 nitrogen and oxygen atoms in total. The Hall–Kier alpha value is -1.74. The molecular formula is C17H19NOS. The molecule has 2 aromatic rings. The summed E-state index contributed by atoms with van der Waals surface area (Å²) in [7, 11) is 0. The fourth-order valence-corrected chi connectivity index (χ4v) is 2.66. The van der Waals surface area contributed by atoms with E-state index in [1.807, 2.05) is 56.3 Å². The molecule has 0 radical (unpaired) electrons. The molecule has 0 aliphatic heterocycles. The van der Waals surface area contributed by atoms with Gasteiger partial charge in [0.2, 0.25) is 5.91 Å². The van der Waals surface area contributed by atoms with Crippen LogP contribution in [0.25, 0.3) is 0 Å². The van der Waals surface area contributed by atoms with E-state index >= 15 is 0 Å². The Bertz CT molecular complexity index is 568. The van der Waals surface area contributed by atoms with E-state index < -0.39 is 0 Å². The topological polar surface area (TPSA) is 29.1 Å². The fraction of sp³-hybridized carbons (Fsp3) is 0.235. The van der Waals surface area contributed by atoms with Crippen LogP contribution in [-0.2, 0) is 10.5 Å². The highest BCUT2D eigenvalue weighted by atomic mass is 32.2. The number of para-hydroxylation sites is 1. The van der Waals surface area contributed by atoms with Gasteiger partial charge >= 0.3 is 0 Å². The Morgan fingerprint density at radius 3 is 2.45 bits per heavy atom. The minimum atomic E-state index is -0.0742. The number of anilines is 1. The van der Waals surface area contributed by atoms with Gasteiger partial charge in [0.25, 0.3) is 0 Å². The van der Waals surface area contributed by atoms with Crippen molar-refractivity contribution in [1.29, 1.82) is 0 Å². The molecule has 0 aromatic heterocycles. The summed E-state index contributed by atoms with van der Waals surface area (Å²) in [4.78, 5) is 12.2. The number of carbonyl (C=O) groups is 1. The third kappa shape index (κ3) is 4.14. The minimum Gasteiger partial charge on any atom is -0.325 e. The fourth-order valence-electron chi connectivity index (χ4n) is 1.82. The first-order valence-corrected chi connectivity index (χ1v) is 7.73. The summed E-state index contributed by atoms with van der Waals surface area (Å²) in [5.74, 6) is 0.906. The van der Waals surface area contributed by atoms with Crippen molar-refractivity contribution in [2.75, 3.05) is 5.32 Å². The van der Waals surface area contributed by atoms with E-state index in [2.05, 4.69) is 17.4 Å². The molecule has 0 bridgehead atoms. The van der Waals surface area contributed by atoms with Crippen LogP contribution < -0.4 is 5.32 Å². The zero-order valence-corrected chi connectivity index (χ0v) is 12.6. The van der Waals surface area contributed by atoms with Gasteiger partial charge < -0.3 is 5.32 Å². The molecule has 0 saturated carbocycles. The van der Waals surface area contributed by atoms with Crippen molar-refractivity contribution >= 4 is 23.4 Å². The first-order valence-electron chi connectivity index (χ1n) is 6.69. The van der Waals surface area contributed by atoms with Crippen LogP contribution in [0.5, 0.6) is 0 Å². The van der Waals surface area contributed by atoms with Gasteiger partial charge in [-0.2, -0.15) is 0 Å². The summed E-state index contributed by atoms with van der Waals surface area (Å²) >= 11 is 1.65. The van der Waals surface area contributed by atoms with Crippen molar-refractivity contribution in [1.82, 2.24) is 0 Å². The minimum absolute atomic E-state index is 0.0558. The summed E-state index contributed by atoms with van der Waals surface area (Å²) in [6, 6.07) is 18.0. The Balaban J connectivity index is 1.88. The lowest BCUT2D eigenvalue weighted by atomic mass is 10.2. The number of benzene rings is 2. The van der Waals surface area contributed by atoms with Crippen LogP contribution in [-0.4, -0.2) is 11.2 Å². The van der Waals surface area contributed by atoms with E-state index in [-0.39, 0.29) is 11.2 Å². The molecule has 0 aliphatic carbocycles. The Morgan fingerprint density at radius 2 is 1.75 bits per heavy atom. The van der Waals surface area contributed by atoms with Crippen LogP contribution >= 0.6 is 11.8 Å². The number of hydrogen-bond acceptors (Lipinski definition) is 2. The van der Waals surface area contributed by atoms with Gasteiger partial charge in [-0.15, -0.1) is 11.8 Å². The number of nitrogens with one attached hydrogen (secondary N) is 1. The van der Waals surface area contributed by atoms with Gasteiger partial charge in [0.15, 0.2) is 0 Å². The molecule has 20 heavy (non-hydrogen) atoms. The van der Waals surface area contributed by atoms with Crippen LogP contribution in [0.3, 0.4) is 0 Å². The maximum Gasteiger partial charge on any atom is 0.237 e. The summed E-state index contributed by atoms with van der Waals surface area (Å²) in [5.41, 5.74) is 3.22. The zero-order valence-electron chi connectivity index (χ0n) is 11.8. The lowest BCUT2D eigenvalue weighted by Crippen LogP contribution is -2.23. The van der Waals surface area contributed by atoms with Crippen LogP contribution in [0.4, 0.5) is 5.69 Å². The smallest absolute Gasteiger partial charge is 0.237 e. The largest absolute Gasteiger partial charge is 0.325 e. The molecule has 0 fully saturated rings. The highest BCUT2D eigenvalue weighted by Crippen LogP contribution is 2.20. The highest BCUT2D eigenvalue weighted by Gasteiger charge is 2.14. The summed E-state index contributed by atoms with van der Waals surface area (Å²) < 4.78 is 0. The number of carbonyl (C=O) groups excluding carboxylic acids is 1. The van der Waals surface area contributed by atoms with E-state index in [1.165, 1.54) is 5.56 Å². The molecule has 0 heterocycles. The monoisotopic (exact) mass is 285 g/mol. The normalized spacial score (nSPS) is 11.9. The molecule has 1 N–H and O–H groups in total. The third-order valence-corrected chi connectivity index (χ3v) is 4.33. The second-order valence-electron chi connectivity index (χ2n) is 4.74. The molecule has 2 rings (SSSR count). The van der Waals surface area contributed by atoms with Crippen molar-refractivity contribution < 1.29 is 4.79 Å². The molecule has 104 valence electrons. The highest BCUT2D eigenvalue weighted by molar-refractivity contribution is 7.99. The van der Waals surface area contributed by atoms with Gasteiger partial charge in [-0.25, -0.2) is 0 Å². The molecular weight excluding hydrogens is 266 g/mol. The van der Waals surface area contributed by atoms with Gasteiger partial charge in [-0.05, 0) is 31.0 Å². The van der Waals surface area contributed by atoms with Crippen molar-refractivity contribution in [3.63, 3.8) is 0 Å². The van der Waals surface area contributed by atoms with Gasteiger partial charge in [0.05, 0.1) is 5.25 Å². The van der Waals surface area contributed by atoms with E-state index in [0.717, 1.165) is 17.0 Å². The third-order valence-electron chi connectivity index (χ3n) is 3.11. The van der Waals surface area contributed by atoms with Crippen LogP contribution in [0.2, 0.25) is 0 Å². The van der Waals surface area contributed by atoms with Gasteiger partial charge in [0, 0.05) is 11.4 Å². The lowest BCUT2D eigenvalue weighted by molar-refractivity contribution is -0.115. The average Bonchev–Trinajstić information content (AvgIpc) is 2.48. The predicted molar refractivity (Wildman–Crippen MR) is 87.0 cm³/mol. The van der Waals surface area contributed by atoms with Crippen LogP contribution in [0.1, 0.15) is 18.1 Å². The molecule has 0 aliphatic rings. The predicted octanol–water partition coefficient (Wildman–Crippen LogP) is 4.26. The number of rotatable bonds is 5. The lowest BCUT2D eigenvalue weighted by Gasteiger charge is -2.13. The molecule has 3 heteroatoms. The second kappa shape index (κ2) is 7.15. The van der Waals surface area contributed by atoms with E-state index in [9.17, 15) is 4.79 Å². The second-order valence-corrected chi connectivity index (χ2v) is 6.07. The van der Waals surface area contributed by atoms with E-state index in [0.29, 0.717) is 0 Å². The SMILES string of the molecule is Cc1ccccc1NC(=O)[C@@H](C)SCc1ccccc1. The Labute approximate surface area is 124 Å². The number of hydrogen-bond donors (Lipinski definition) is 1. The Kier molecular flexibility index (Phi) is 5.24. The quantitative estimate of drug-likeness (QED) is 0.889. The average molecular weight is 285 g/mol. The van der Waals surface area contributed by atoms with E-state index in [1.54, 1.807) is 11.8 Å². The van der Waals surface area contributed by atoms with Gasteiger partial charge in [-0.3, -0.25) is 4.79 Å². The summed E-state index contributed by atoms with van der Waals surface area (Å²) in [5, 5.41) is 2.91. The zero-order chi connectivity index (χ0) is 14.4. The first kappa shape index (κ1) is 14.7. The van der Waals surface area contributed by atoms with Crippen LogP contribution in [0, 0.1) is 6.92 Å². The molecule has 0 unspecified atom stereocenters. The van der Waals surface area contributed by atoms with Crippen LogP contribution in [0.15, 0.2) is 54.6 Å². The molecule has 1 atom stereocenters. The maximum absolute atomic E-state index is 12.2. The van der Waals surface area contributed by atoms with Gasteiger partial charge in [-0.1, -0.05) is 48.5 Å².